The van der Waals surface area contributed by atoms with Crippen LogP contribution in [-0.2, 0) is 6.42 Å². The number of hydrogen-bond donors (Lipinski definition) is 1. The van der Waals surface area contributed by atoms with Crippen LogP contribution in [0, 0.1) is 5.82 Å². The van der Waals surface area contributed by atoms with E-state index in [2.05, 4.69) is 9.97 Å². The number of H-pyrrole nitrogens is 1. The third-order valence-corrected chi connectivity index (χ3v) is 2.04. The van der Waals surface area contributed by atoms with Crippen LogP contribution in [0.4, 0.5) is 4.39 Å². The molecule has 1 N–H and O–H groups in total. The Morgan fingerprint density at radius 1 is 1.47 bits per heavy atom. The van der Waals surface area contributed by atoms with Gasteiger partial charge < -0.3 is 4.98 Å². The van der Waals surface area contributed by atoms with Crippen LogP contribution < -0.4 is 0 Å². The van der Waals surface area contributed by atoms with Crippen LogP contribution >= 0.6 is 0 Å². The second kappa shape index (κ2) is 4.04. The number of nitrogens with zero attached hydrogens (tertiary/aromatic N) is 1. The molecule has 2 aromatic rings. The van der Waals surface area contributed by atoms with E-state index >= 15 is 0 Å². The van der Waals surface area contributed by atoms with Crippen molar-refractivity contribution in [3.8, 4) is 0 Å². The van der Waals surface area contributed by atoms with Crippen molar-refractivity contribution >= 4 is 6.29 Å². The van der Waals surface area contributed by atoms with Gasteiger partial charge >= 0.3 is 0 Å². The molecule has 0 fully saturated rings. The summed E-state index contributed by atoms with van der Waals surface area (Å²) in [6, 6.07) is 6.30. The Hall–Kier alpha value is -1.97. The second-order valence-electron chi connectivity index (χ2n) is 3.21. The molecule has 1 heterocycles. The fraction of sp³-hybridized carbons (Fsp3) is 0.0909. The molecule has 2 rings (SSSR count). The van der Waals surface area contributed by atoms with E-state index < -0.39 is 0 Å². The molecule has 0 atom stereocenters. The van der Waals surface area contributed by atoms with Gasteiger partial charge in [0.25, 0.3) is 0 Å². The summed E-state index contributed by atoms with van der Waals surface area (Å²) in [5.41, 5.74) is 1.25. The van der Waals surface area contributed by atoms with Crippen LogP contribution in [0.5, 0.6) is 0 Å². The Kier molecular flexibility index (Phi) is 2.58. The highest BCUT2D eigenvalue weighted by Crippen LogP contribution is 2.08. The average molecular weight is 204 g/mol. The summed E-state index contributed by atoms with van der Waals surface area (Å²) in [6.07, 6.45) is 2.65. The quantitative estimate of drug-likeness (QED) is 0.777. The van der Waals surface area contributed by atoms with Crippen LogP contribution in [0.25, 0.3) is 0 Å². The monoisotopic (exact) mass is 204 g/mol. The van der Waals surface area contributed by atoms with Gasteiger partial charge in [-0.2, -0.15) is 0 Å². The number of aromatic nitrogens is 2. The number of hydrogen-bond acceptors (Lipinski definition) is 2. The van der Waals surface area contributed by atoms with Crippen LogP contribution in [0.1, 0.15) is 21.9 Å². The van der Waals surface area contributed by atoms with E-state index in [1.807, 2.05) is 6.07 Å². The first-order valence-electron chi connectivity index (χ1n) is 4.51. The number of imidazole rings is 1. The minimum Gasteiger partial charge on any atom is -0.340 e. The molecule has 0 saturated carbocycles. The molecular formula is C11H9FN2O. The lowest BCUT2D eigenvalue weighted by molar-refractivity contribution is 0.111. The van der Waals surface area contributed by atoms with Crippen molar-refractivity contribution in [1.82, 2.24) is 9.97 Å². The van der Waals surface area contributed by atoms with Gasteiger partial charge in [0.05, 0.1) is 11.9 Å². The molecule has 4 heteroatoms. The summed E-state index contributed by atoms with van der Waals surface area (Å²) in [7, 11) is 0. The third-order valence-electron chi connectivity index (χ3n) is 2.04. The normalized spacial score (nSPS) is 10.2. The molecule has 1 aromatic carbocycles. The van der Waals surface area contributed by atoms with Crippen molar-refractivity contribution in [2.24, 2.45) is 0 Å². The van der Waals surface area contributed by atoms with Crippen LogP contribution in [0.2, 0.25) is 0 Å². The molecule has 0 bridgehead atoms. The molecule has 0 unspecified atom stereocenters. The van der Waals surface area contributed by atoms with Gasteiger partial charge in [0.2, 0.25) is 0 Å². The summed E-state index contributed by atoms with van der Waals surface area (Å²) in [4.78, 5) is 17.2. The van der Waals surface area contributed by atoms with E-state index in [-0.39, 0.29) is 5.82 Å². The van der Waals surface area contributed by atoms with Crippen LogP contribution in [0.3, 0.4) is 0 Å². The zero-order valence-electron chi connectivity index (χ0n) is 7.90. The Labute approximate surface area is 86.0 Å². The molecule has 76 valence electrons. The van der Waals surface area contributed by atoms with Crippen molar-refractivity contribution in [1.29, 1.82) is 0 Å². The predicted octanol–water partition coefficient (Wildman–Crippen LogP) is 1.95. The summed E-state index contributed by atoms with van der Waals surface area (Å²) >= 11 is 0. The Morgan fingerprint density at radius 3 is 3.00 bits per heavy atom. The standard InChI is InChI=1S/C11H9FN2O/c12-9-3-1-2-8(4-9)5-11-13-6-10(7-15)14-11/h1-4,6-7H,5H2,(H,13,14). The van der Waals surface area contributed by atoms with Crippen molar-refractivity contribution in [2.45, 2.75) is 6.42 Å². The first-order chi connectivity index (χ1) is 7.28. The first-order valence-corrected chi connectivity index (χ1v) is 4.51. The number of rotatable bonds is 3. The SMILES string of the molecule is O=Cc1cnc(Cc2cccc(F)c2)[nH]1. The van der Waals surface area contributed by atoms with Crippen molar-refractivity contribution < 1.29 is 9.18 Å². The van der Waals surface area contributed by atoms with Crippen molar-refractivity contribution in [2.75, 3.05) is 0 Å². The number of carbonyl (C=O) groups is 1. The molecule has 15 heavy (non-hydrogen) atoms. The van der Waals surface area contributed by atoms with Crippen LogP contribution in [0.15, 0.2) is 30.5 Å². The van der Waals surface area contributed by atoms with Gasteiger partial charge in [0, 0.05) is 6.42 Å². The van der Waals surface area contributed by atoms with E-state index in [1.54, 1.807) is 6.07 Å². The van der Waals surface area contributed by atoms with E-state index in [0.29, 0.717) is 24.2 Å². The summed E-state index contributed by atoms with van der Waals surface area (Å²) in [5, 5.41) is 0. The maximum Gasteiger partial charge on any atom is 0.167 e. The molecule has 3 nitrogen and oxygen atoms in total. The molecule has 0 aliphatic heterocycles. The summed E-state index contributed by atoms with van der Waals surface area (Å²) in [6.45, 7) is 0. The topological polar surface area (TPSA) is 45.8 Å². The molecule has 0 amide bonds. The second-order valence-corrected chi connectivity index (χ2v) is 3.21. The summed E-state index contributed by atoms with van der Waals surface area (Å²) < 4.78 is 12.9. The number of aldehydes is 1. The largest absolute Gasteiger partial charge is 0.340 e. The minimum atomic E-state index is -0.269. The number of carbonyl (C=O) groups excluding carboxylic acids is 1. The Balaban J connectivity index is 2.18. The summed E-state index contributed by atoms with van der Waals surface area (Å²) in [5.74, 6) is 0.386. The van der Waals surface area contributed by atoms with Gasteiger partial charge in [-0.25, -0.2) is 9.37 Å². The molecule has 0 spiro atoms. The maximum absolute atomic E-state index is 12.9. The minimum absolute atomic E-state index is 0.269. The Morgan fingerprint density at radius 2 is 2.33 bits per heavy atom. The zero-order chi connectivity index (χ0) is 10.7. The highest BCUT2D eigenvalue weighted by Gasteiger charge is 2.01. The fourth-order valence-corrected chi connectivity index (χ4v) is 1.37. The average Bonchev–Trinajstić information content (AvgIpc) is 2.65. The zero-order valence-corrected chi connectivity index (χ0v) is 7.90. The highest BCUT2D eigenvalue weighted by molar-refractivity contribution is 5.71. The smallest absolute Gasteiger partial charge is 0.167 e. The van der Waals surface area contributed by atoms with Crippen LogP contribution in [-0.4, -0.2) is 16.3 Å². The number of aromatic amines is 1. The Bertz CT molecular complexity index is 479. The number of nitrogens with one attached hydrogen (secondary N) is 1. The molecule has 0 aliphatic carbocycles. The van der Waals surface area contributed by atoms with Gasteiger partial charge in [-0.3, -0.25) is 4.79 Å². The maximum atomic E-state index is 12.9. The van der Waals surface area contributed by atoms with E-state index in [1.165, 1.54) is 18.3 Å². The third kappa shape index (κ3) is 2.28. The van der Waals surface area contributed by atoms with Gasteiger partial charge in [-0.05, 0) is 17.7 Å². The van der Waals surface area contributed by atoms with Gasteiger partial charge in [0.15, 0.2) is 6.29 Å². The fourth-order valence-electron chi connectivity index (χ4n) is 1.37. The number of benzene rings is 1. The highest BCUT2D eigenvalue weighted by atomic mass is 19.1. The molecule has 0 saturated heterocycles. The molecule has 0 aliphatic rings. The van der Waals surface area contributed by atoms with E-state index in [9.17, 15) is 9.18 Å². The van der Waals surface area contributed by atoms with Crippen molar-refractivity contribution in [3.63, 3.8) is 0 Å². The number of halogens is 1. The van der Waals surface area contributed by atoms with Gasteiger partial charge in [-0.1, -0.05) is 12.1 Å². The molecule has 0 radical (unpaired) electrons. The lowest BCUT2D eigenvalue weighted by atomic mass is 10.1. The lowest BCUT2D eigenvalue weighted by Gasteiger charge is -1.97. The van der Waals surface area contributed by atoms with Crippen molar-refractivity contribution in [3.05, 3.63) is 53.4 Å². The van der Waals surface area contributed by atoms with E-state index in [4.69, 9.17) is 0 Å². The van der Waals surface area contributed by atoms with Gasteiger partial charge in [0.1, 0.15) is 11.6 Å². The molecule has 1 aromatic heterocycles. The lowest BCUT2D eigenvalue weighted by Crippen LogP contribution is -1.91. The van der Waals surface area contributed by atoms with Gasteiger partial charge in [-0.15, -0.1) is 0 Å². The van der Waals surface area contributed by atoms with E-state index in [0.717, 1.165) is 5.56 Å². The first kappa shape index (κ1) is 9.58. The molecular weight excluding hydrogens is 195 g/mol. The predicted molar refractivity (Wildman–Crippen MR) is 53.2 cm³/mol.